The standard InChI is InChI=1S/C21H33N3O3/c1-2-3-4-5-6-10-13-23-19(15-20(22)26)21(27)24-18(16-25)14-17-11-8-7-9-12-17/h7-9,11-12,16,18-19,23H,2-6,10,13-15H2,1H3,(H2,22,26)(H,24,27)/t18-,19?/m0/s1. The van der Waals surface area contributed by atoms with Crippen LogP contribution in [-0.4, -0.2) is 36.7 Å². The molecule has 0 bridgehead atoms. The number of rotatable bonds is 15. The molecule has 0 aliphatic carbocycles. The summed E-state index contributed by atoms with van der Waals surface area (Å²) in [6, 6.07) is 8.13. The van der Waals surface area contributed by atoms with Crippen molar-refractivity contribution >= 4 is 18.1 Å². The van der Waals surface area contributed by atoms with Crippen molar-refractivity contribution in [2.75, 3.05) is 6.54 Å². The summed E-state index contributed by atoms with van der Waals surface area (Å²) in [6.45, 7) is 2.82. The predicted octanol–water partition coefficient (Wildman–Crippen LogP) is 2.11. The van der Waals surface area contributed by atoms with Crippen molar-refractivity contribution in [1.29, 1.82) is 0 Å². The van der Waals surface area contributed by atoms with E-state index in [9.17, 15) is 14.4 Å². The summed E-state index contributed by atoms with van der Waals surface area (Å²) in [6.07, 6.45) is 7.93. The molecule has 0 aromatic heterocycles. The first-order valence-corrected chi connectivity index (χ1v) is 9.88. The molecule has 0 fully saturated rings. The largest absolute Gasteiger partial charge is 0.370 e. The van der Waals surface area contributed by atoms with Gasteiger partial charge in [-0.1, -0.05) is 69.4 Å². The summed E-state index contributed by atoms with van der Waals surface area (Å²) in [5.41, 5.74) is 6.23. The summed E-state index contributed by atoms with van der Waals surface area (Å²) in [5.74, 6) is -0.913. The minimum atomic E-state index is -0.712. The number of amides is 2. The van der Waals surface area contributed by atoms with Gasteiger partial charge in [0.25, 0.3) is 0 Å². The van der Waals surface area contributed by atoms with Crippen LogP contribution < -0.4 is 16.4 Å². The molecule has 1 unspecified atom stereocenters. The Morgan fingerprint density at radius 3 is 2.37 bits per heavy atom. The Hall–Kier alpha value is -2.21. The molecule has 0 spiro atoms. The molecule has 1 aromatic carbocycles. The van der Waals surface area contributed by atoms with Crippen LogP contribution in [0.3, 0.4) is 0 Å². The zero-order valence-corrected chi connectivity index (χ0v) is 16.3. The van der Waals surface area contributed by atoms with Gasteiger partial charge in [0.05, 0.1) is 18.5 Å². The van der Waals surface area contributed by atoms with Crippen LogP contribution in [0.4, 0.5) is 0 Å². The fourth-order valence-corrected chi connectivity index (χ4v) is 2.92. The quantitative estimate of drug-likeness (QED) is 0.323. The van der Waals surface area contributed by atoms with E-state index in [0.717, 1.165) is 24.7 Å². The van der Waals surface area contributed by atoms with E-state index in [4.69, 9.17) is 5.73 Å². The molecule has 6 nitrogen and oxygen atoms in total. The second-order valence-electron chi connectivity index (χ2n) is 6.89. The van der Waals surface area contributed by atoms with Gasteiger partial charge in [0.1, 0.15) is 6.29 Å². The Morgan fingerprint density at radius 2 is 1.74 bits per heavy atom. The zero-order chi connectivity index (χ0) is 19.9. The van der Waals surface area contributed by atoms with Gasteiger partial charge < -0.3 is 21.2 Å². The third-order valence-corrected chi connectivity index (χ3v) is 4.43. The van der Waals surface area contributed by atoms with Crippen LogP contribution in [0.1, 0.15) is 57.4 Å². The van der Waals surface area contributed by atoms with Gasteiger partial charge in [-0.05, 0) is 24.9 Å². The fourth-order valence-electron chi connectivity index (χ4n) is 2.92. The summed E-state index contributed by atoms with van der Waals surface area (Å²) in [5, 5.41) is 5.82. The molecular weight excluding hydrogens is 342 g/mol. The predicted molar refractivity (Wildman–Crippen MR) is 107 cm³/mol. The summed E-state index contributed by atoms with van der Waals surface area (Å²) < 4.78 is 0. The maximum absolute atomic E-state index is 12.5. The molecule has 0 radical (unpaired) electrons. The molecule has 0 saturated carbocycles. The zero-order valence-electron chi connectivity index (χ0n) is 16.3. The third-order valence-electron chi connectivity index (χ3n) is 4.43. The maximum atomic E-state index is 12.5. The lowest BCUT2D eigenvalue weighted by Gasteiger charge is -2.20. The Balaban J connectivity index is 2.47. The van der Waals surface area contributed by atoms with Crippen LogP contribution in [0.2, 0.25) is 0 Å². The van der Waals surface area contributed by atoms with Crippen LogP contribution in [0.25, 0.3) is 0 Å². The number of carbonyl (C=O) groups is 3. The van der Waals surface area contributed by atoms with Crippen LogP contribution in [0.5, 0.6) is 0 Å². The van der Waals surface area contributed by atoms with Crippen molar-refractivity contribution in [1.82, 2.24) is 10.6 Å². The molecule has 2 atom stereocenters. The monoisotopic (exact) mass is 375 g/mol. The number of primary amides is 1. The molecule has 1 rings (SSSR count). The van der Waals surface area contributed by atoms with Crippen molar-refractivity contribution in [3.8, 4) is 0 Å². The van der Waals surface area contributed by atoms with Crippen molar-refractivity contribution < 1.29 is 14.4 Å². The van der Waals surface area contributed by atoms with Gasteiger partial charge >= 0.3 is 0 Å². The Bertz CT molecular complexity index is 563. The Kier molecular flexibility index (Phi) is 11.8. The molecule has 0 aliphatic heterocycles. The highest BCUT2D eigenvalue weighted by Crippen LogP contribution is 2.05. The Morgan fingerprint density at radius 1 is 1.07 bits per heavy atom. The number of aldehydes is 1. The molecule has 0 aliphatic rings. The van der Waals surface area contributed by atoms with E-state index >= 15 is 0 Å². The topological polar surface area (TPSA) is 101 Å². The summed E-state index contributed by atoms with van der Waals surface area (Å²) in [7, 11) is 0. The van der Waals surface area contributed by atoms with Crippen LogP contribution in [0, 0.1) is 0 Å². The second kappa shape index (κ2) is 13.9. The lowest BCUT2D eigenvalue weighted by Crippen LogP contribution is -2.50. The van der Waals surface area contributed by atoms with E-state index in [-0.39, 0.29) is 12.3 Å². The van der Waals surface area contributed by atoms with Gasteiger partial charge in [0, 0.05) is 0 Å². The molecule has 6 heteroatoms. The van der Waals surface area contributed by atoms with Gasteiger partial charge in [0.2, 0.25) is 11.8 Å². The van der Waals surface area contributed by atoms with E-state index in [1.54, 1.807) is 0 Å². The summed E-state index contributed by atoms with van der Waals surface area (Å²) in [4.78, 5) is 35.2. The van der Waals surface area contributed by atoms with Crippen molar-refractivity contribution in [3.63, 3.8) is 0 Å². The molecule has 0 saturated heterocycles. The number of nitrogens with one attached hydrogen (secondary N) is 2. The lowest BCUT2D eigenvalue weighted by molar-refractivity contribution is -0.128. The molecular formula is C21H33N3O3. The number of unbranched alkanes of at least 4 members (excludes halogenated alkanes) is 5. The second-order valence-corrected chi connectivity index (χ2v) is 6.89. The van der Waals surface area contributed by atoms with Gasteiger partial charge in [0.15, 0.2) is 0 Å². The highest BCUT2D eigenvalue weighted by atomic mass is 16.2. The van der Waals surface area contributed by atoms with Crippen molar-refractivity contribution in [2.24, 2.45) is 5.73 Å². The Labute approximate surface area is 162 Å². The maximum Gasteiger partial charge on any atom is 0.238 e. The number of carbonyl (C=O) groups excluding carboxylic acids is 3. The van der Waals surface area contributed by atoms with Gasteiger partial charge in [-0.15, -0.1) is 0 Å². The number of hydrogen-bond donors (Lipinski definition) is 3. The van der Waals surface area contributed by atoms with E-state index < -0.39 is 18.0 Å². The molecule has 150 valence electrons. The molecule has 2 amide bonds. The smallest absolute Gasteiger partial charge is 0.238 e. The third kappa shape index (κ3) is 10.5. The minimum Gasteiger partial charge on any atom is -0.370 e. The van der Waals surface area contributed by atoms with Crippen LogP contribution >= 0.6 is 0 Å². The van der Waals surface area contributed by atoms with Gasteiger partial charge in [-0.2, -0.15) is 0 Å². The normalized spacial score (nSPS) is 12.9. The van der Waals surface area contributed by atoms with E-state index in [1.165, 1.54) is 25.7 Å². The SMILES string of the molecule is CCCCCCCCNC(CC(N)=O)C(=O)N[C@H](C=O)Cc1ccccc1. The number of hydrogen-bond acceptors (Lipinski definition) is 4. The van der Waals surface area contributed by atoms with Crippen LogP contribution in [-0.2, 0) is 20.8 Å². The molecule has 4 N–H and O–H groups in total. The van der Waals surface area contributed by atoms with E-state index in [2.05, 4.69) is 17.6 Å². The first-order chi connectivity index (χ1) is 13.1. The van der Waals surface area contributed by atoms with Crippen LogP contribution in [0.15, 0.2) is 30.3 Å². The number of nitrogens with two attached hydrogens (primary N) is 1. The molecule has 1 aromatic rings. The molecule has 0 heterocycles. The average Bonchev–Trinajstić information content (AvgIpc) is 2.66. The highest BCUT2D eigenvalue weighted by Gasteiger charge is 2.22. The van der Waals surface area contributed by atoms with E-state index in [1.807, 2.05) is 30.3 Å². The molecule has 27 heavy (non-hydrogen) atoms. The average molecular weight is 376 g/mol. The highest BCUT2D eigenvalue weighted by molar-refractivity contribution is 5.89. The first kappa shape index (κ1) is 22.8. The lowest BCUT2D eigenvalue weighted by atomic mass is 10.1. The fraction of sp³-hybridized carbons (Fsp3) is 0.571. The number of benzene rings is 1. The van der Waals surface area contributed by atoms with Crippen molar-refractivity contribution in [3.05, 3.63) is 35.9 Å². The summed E-state index contributed by atoms with van der Waals surface area (Å²) >= 11 is 0. The first-order valence-electron chi connectivity index (χ1n) is 9.88. The van der Waals surface area contributed by atoms with Crippen molar-refractivity contribution in [2.45, 2.75) is 70.4 Å². The van der Waals surface area contributed by atoms with E-state index in [0.29, 0.717) is 13.0 Å². The van der Waals surface area contributed by atoms with Gasteiger partial charge in [-0.25, -0.2) is 0 Å². The minimum absolute atomic E-state index is 0.0847. The van der Waals surface area contributed by atoms with Gasteiger partial charge in [-0.3, -0.25) is 9.59 Å².